The fourth-order valence-corrected chi connectivity index (χ4v) is 0.983. The molecule has 0 spiro atoms. The van der Waals surface area contributed by atoms with E-state index in [0.29, 0.717) is 0 Å². The van der Waals surface area contributed by atoms with E-state index in [2.05, 4.69) is 13.5 Å². The van der Waals surface area contributed by atoms with Crippen molar-refractivity contribution in [3.8, 4) is 0 Å². The molecule has 0 aliphatic rings. The van der Waals surface area contributed by atoms with Gasteiger partial charge >= 0.3 is 0 Å². The summed E-state index contributed by atoms with van der Waals surface area (Å²) < 4.78 is 0. The predicted molar refractivity (Wildman–Crippen MR) is 71.8 cm³/mol. The Morgan fingerprint density at radius 2 is 1.80 bits per heavy atom. The summed E-state index contributed by atoms with van der Waals surface area (Å²) in [6.07, 6.45) is 5.59. The maximum Gasteiger partial charge on any atom is -0.00773 e. The van der Waals surface area contributed by atoms with Crippen molar-refractivity contribution < 1.29 is 0 Å². The maximum atomic E-state index is 5.21. The molecular weight excluding hydrogens is 182 g/mol. The summed E-state index contributed by atoms with van der Waals surface area (Å²) in [7, 11) is 0. The molecule has 0 bridgehead atoms. The molecule has 1 rings (SSSR count). The van der Waals surface area contributed by atoms with Crippen LogP contribution in [0.4, 0.5) is 0 Å². The van der Waals surface area contributed by atoms with Crippen molar-refractivity contribution in [2.45, 2.75) is 33.6 Å². The molecule has 0 saturated heterocycles. The molecule has 15 heavy (non-hydrogen) atoms. The van der Waals surface area contributed by atoms with Gasteiger partial charge < -0.3 is 5.73 Å². The van der Waals surface area contributed by atoms with Crippen LogP contribution in [-0.4, -0.2) is 6.54 Å². The average Bonchev–Trinajstić information content (AvgIpc) is 2.28. The molecule has 0 aliphatic carbocycles. The summed E-state index contributed by atoms with van der Waals surface area (Å²) in [5.74, 6) is 0. The summed E-state index contributed by atoms with van der Waals surface area (Å²) in [4.78, 5) is 0. The Bertz CT molecular complexity index is 212. The molecule has 86 valence electrons. The van der Waals surface area contributed by atoms with E-state index in [1.165, 1.54) is 24.8 Å². The molecule has 0 aromatic heterocycles. The molecule has 0 fully saturated rings. The monoisotopic (exact) mass is 207 g/mol. The minimum Gasteiger partial charge on any atom is -0.330 e. The second-order valence-corrected chi connectivity index (χ2v) is 3.11. The Balaban J connectivity index is 0. The van der Waals surface area contributed by atoms with Crippen molar-refractivity contribution in [1.29, 1.82) is 0 Å². The van der Waals surface area contributed by atoms with E-state index in [-0.39, 0.29) is 7.43 Å². The van der Waals surface area contributed by atoms with Crippen LogP contribution < -0.4 is 5.73 Å². The Morgan fingerprint density at radius 3 is 2.07 bits per heavy atom. The molecule has 1 nitrogen and oxygen atoms in total. The molecule has 0 amide bonds. The van der Waals surface area contributed by atoms with E-state index in [1.807, 2.05) is 36.4 Å². The molecule has 0 radical (unpaired) electrons. The molecule has 1 heteroatoms. The molecule has 0 saturated carbocycles. The lowest BCUT2D eigenvalue weighted by Crippen LogP contribution is -1.96. The zero-order valence-electron chi connectivity index (χ0n) is 9.08. The van der Waals surface area contributed by atoms with E-state index in [4.69, 9.17) is 5.73 Å². The van der Waals surface area contributed by atoms with Crippen molar-refractivity contribution in [1.82, 2.24) is 0 Å². The number of hydrogen-bond acceptors (Lipinski definition) is 1. The summed E-state index contributed by atoms with van der Waals surface area (Å²) in [5.41, 5.74) is 6.39. The molecule has 0 aliphatic heterocycles. The van der Waals surface area contributed by atoms with Crippen LogP contribution in [0.1, 0.15) is 39.2 Å². The Morgan fingerprint density at radius 1 is 1.20 bits per heavy atom. The predicted octanol–water partition coefficient (Wildman–Crippen LogP) is 4.10. The van der Waals surface area contributed by atoms with Crippen molar-refractivity contribution in [3.05, 3.63) is 42.5 Å². The highest BCUT2D eigenvalue weighted by Gasteiger charge is 1.76. The van der Waals surface area contributed by atoms with Crippen LogP contribution in [0.3, 0.4) is 0 Å². The van der Waals surface area contributed by atoms with Gasteiger partial charge in [-0.05, 0) is 18.5 Å². The third-order valence-corrected chi connectivity index (χ3v) is 1.84. The van der Waals surface area contributed by atoms with Crippen LogP contribution in [0.2, 0.25) is 0 Å². The Hall–Kier alpha value is -1.08. The van der Waals surface area contributed by atoms with E-state index < -0.39 is 0 Å². The van der Waals surface area contributed by atoms with E-state index in [9.17, 15) is 0 Å². The Labute approximate surface area is 95.0 Å². The molecule has 0 unspecified atom stereocenters. The first-order valence-corrected chi connectivity index (χ1v) is 5.22. The van der Waals surface area contributed by atoms with Crippen molar-refractivity contribution in [3.63, 3.8) is 0 Å². The SMILES string of the molecule is C.C=Cc1ccccc1.CCCCCN. The van der Waals surface area contributed by atoms with Gasteiger partial charge in [-0.1, -0.05) is 70.2 Å². The minimum atomic E-state index is 0. The molecule has 0 heterocycles. The van der Waals surface area contributed by atoms with Crippen LogP contribution in [0, 0.1) is 0 Å². The lowest BCUT2D eigenvalue weighted by molar-refractivity contribution is 0.727. The standard InChI is InChI=1S/C8H8.C5H13N.CH4/c1-2-8-6-4-3-5-7-8;1-2-3-4-5-6;/h2-7H,1H2;2-6H2,1H3;1H4. The highest BCUT2D eigenvalue weighted by molar-refractivity contribution is 5.45. The van der Waals surface area contributed by atoms with Crippen LogP contribution in [0.15, 0.2) is 36.9 Å². The highest BCUT2D eigenvalue weighted by Crippen LogP contribution is 1.97. The zero-order chi connectivity index (χ0) is 10.6. The smallest absolute Gasteiger partial charge is 0.00773 e. The average molecular weight is 207 g/mol. The van der Waals surface area contributed by atoms with E-state index in [0.717, 1.165) is 6.54 Å². The largest absolute Gasteiger partial charge is 0.330 e. The molecular formula is C14H25N. The fourth-order valence-electron chi connectivity index (χ4n) is 0.983. The van der Waals surface area contributed by atoms with Crippen LogP contribution >= 0.6 is 0 Å². The van der Waals surface area contributed by atoms with E-state index in [1.54, 1.807) is 0 Å². The van der Waals surface area contributed by atoms with Gasteiger partial charge in [-0.25, -0.2) is 0 Å². The lowest BCUT2D eigenvalue weighted by atomic mass is 10.2. The number of nitrogens with two attached hydrogens (primary N) is 1. The van der Waals surface area contributed by atoms with Gasteiger partial charge in [0.1, 0.15) is 0 Å². The van der Waals surface area contributed by atoms with Gasteiger partial charge in [0.25, 0.3) is 0 Å². The summed E-state index contributed by atoms with van der Waals surface area (Å²) in [6.45, 7) is 6.66. The van der Waals surface area contributed by atoms with Crippen LogP contribution in [0.25, 0.3) is 6.08 Å². The number of benzene rings is 1. The third-order valence-electron chi connectivity index (χ3n) is 1.84. The second-order valence-electron chi connectivity index (χ2n) is 3.11. The van der Waals surface area contributed by atoms with Gasteiger partial charge in [0.2, 0.25) is 0 Å². The van der Waals surface area contributed by atoms with Crippen molar-refractivity contribution in [2.24, 2.45) is 5.73 Å². The van der Waals surface area contributed by atoms with Gasteiger partial charge in [0, 0.05) is 0 Å². The van der Waals surface area contributed by atoms with Gasteiger partial charge in [-0.2, -0.15) is 0 Å². The number of rotatable bonds is 4. The van der Waals surface area contributed by atoms with Gasteiger partial charge in [-0.15, -0.1) is 0 Å². The summed E-state index contributed by atoms with van der Waals surface area (Å²) >= 11 is 0. The fraction of sp³-hybridized carbons (Fsp3) is 0.429. The topological polar surface area (TPSA) is 26.0 Å². The van der Waals surface area contributed by atoms with Crippen molar-refractivity contribution in [2.75, 3.05) is 6.54 Å². The third kappa shape index (κ3) is 10.8. The number of hydrogen-bond donors (Lipinski definition) is 1. The van der Waals surface area contributed by atoms with Gasteiger partial charge in [-0.3, -0.25) is 0 Å². The summed E-state index contributed by atoms with van der Waals surface area (Å²) in [6, 6.07) is 10.0. The molecule has 1 aromatic rings. The summed E-state index contributed by atoms with van der Waals surface area (Å²) in [5, 5.41) is 0. The Kier molecular flexibility index (Phi) is 14.1. The molecule has 2 N–H and O–H groups in total. The second kappa shape index (κ2) is 12.9. The first-order chi connectivity index (χ1) is 6.85. The quantitative estimate of drug-likeness (QED) is 0.739. The van der Waals surface area contributed by atoms with Crippen LogP contribution in [0.5, 0.6) is 0 Å². The van der Waals surface area contributed by atoms with E-state index >= 15 is 0 Å². The van der Waals surface area contributed by atoms with Gasteiger partial charge in [0.15, 0.2) is 0 Å². The molecule has 0 atom stereocenters. The zero-order valence-corrected chi connectivity index (χ0v) is 9.08. The first-order valence-electron chi connectivity index (χ1n) is 5.22. The normalized spacial score (nSPS) is 8.13. The van der Waals surface area contributed by atoms with Crippen LogP contribution in [-0.2, 0) is 0 Å². The maximum absolute atomic E-state index is 5.21. The molecule has 1 aromatic carbocycles. The van der Waals surface area contributed by atoms with Gasteiger partial charge in [0.05, 0.1) is 0 Å². The lowest BCUT2D eigenvalue weighted by Gasteiger charge is -1.86. The highest BCUT2D eigenvalue weighted by atomic mass is 14.5. The minimum absolute atomic E-state index is 0. The first kappa shape index (κ1) is 16.4. The van der Waals surface area contributed by atoms with Crippen molar-refractivity contribution >= 4 is 6.08 Å². The number of unbranched alkanes of at least 4 members (excludes halogenated alkanes) is 2.